The van der Waals surface area contributed by atoms with Gasteiger partial charge in [-0.3, -0.25) is 0 Å². The summed E-state index contributed by atoms with van der Waals surface area (Å²) in [5, 5.41) is 4.24. The normalized spacial score (nSPS) is 19.1. The molecule has 0 radical (unpaired) electrons. The highest BCUT2D eigenvalue weighted by molar-refractivity contribution is 6.30. The van der Waals surface area contributed by atoms with Crippen LogP contribution in [0.1, 0.15) is 30.9 Å². The van der Waals surface area contributed by atoms with Crippen LogP contribution in [0.3, 0.4) is 0 Å². The molecule has 1 heterocycles. The summed E-state index contributed by atoms with van der Waals surface area (Å²) in [7, 11) is 6.41. The number of piperidine rings is 1. The van der Waals surface area contributed by atoms with Gasteiger partial charge in [-0.25, -0.2) is 0 Å². The molecule has 1 aromatic carbocycles. The van der Waals surface area contributed by atoms with Gasteiger partial charge in [0, 0.05) is 17.1 Å². The molecule has 118 valence electrons. The summed E-state index contributed by atoms with van der Waals surface area (Å²) in [4.78, 5) is 4.95. The van der Waals surface area contributed by atoms with Crippen molar-refractivity contribution in [2.45, 2.75) is 31.3 Å². The van der Waals surface area contributed by atoms with Crippen LogP contribution in [-0.2, 0) is 0 Å². The number of nitrogens with zero attached hydrogens (tertiary/aromatic N) is 2. The van der Waals surface area contributed by atoms with Crippen molar-refractivity contribution in [1.82, 2.24) is 15.1 Å². The van der Waals surface area contributed by atoms with Crippen LogP contribution in [0.2, 0.25) is 5.02 Å². The molecule has 4 heteroatoms. The van der Waals surface area contributed by atoms with Gasteiger partial charge < -0.3 is 15.1 Å². The summed E-state index contributed by atoms with van der Waals surface area (Å²) in [5.74, 6) is 0. The van der Waals surface area contributed by atoms with Crippen molar-refractivity contribution in [2.75, 3.05) is 40.8 Å². The number of hydrogen-bond acceptors (Lipinski definition) is 3. The van der Waals surface area contributed by atoms with Gasteiger partial charge in [-0.2, -0.15) is 0 Å². The Kier molecular flexibility index (Phi) is 6.49. The molecule has 0 aliphatic carbocycles. The van der Waals surface area contributed by atoms with E-state index in [0.29, 0.717) is 6.04 Å². The largest absolute Gasteiger partial charge is 0.313 e. The van der Waals surface area contributed by atoms with Gasteiger partial charge >= 0.3 is 0 Å². The monoisotopic (exact) mass is 309 g/mol. The van der Waals surface area contributed by atoms with E-state index in [4.69, 9.17) is 11.6 Å². The highest BCUT2D eigenvalue weighted by Crippen LogP contribution is 2.22. The van der Waals surface area contributed by atoms with Crippen LogP contribution < -0.4 is 5.32 Å². The lowest BCUT2D eigenvalue weighted by Gasteiger charge is -2.35. The fourth-order valence-corrected chi connectivity index (χ4v) is 3.37. The van der Waals surface area contributed by atoms with E-state index in [2.05, 4.69) is 41.3 Å². The second-order valence-electron chi connectivity index (χ2n) is 6.22. The van der Waals surface area contributed by atoms with Crippen molar-refractivity contribution in [2.24, 2.45) is 0 Å². The third-order valence-electron chi connectivity index (χ3n) is 4.62. The Morgan fingerprint density at radius 2 is 2.05 bits per heavy atom. The van der Waals surface area contributed by atoms with E-state index in [0.717, 1.165) is 24.0 Å². The summed E-state index contributed by atoms with van der Waals surface area (Å²) < 4.78 is 0. The fraction of sp³-hybridized carbons (Fsp3) is 0.647. The number of likely N-dealkylation sites (tertiary alicyclic amines) is 1. The second kappa shape index (κ2) is 8.14. The highest BCUT2D eigenvalue weighted by atomic mass is 35.5. The number of hydrogen-bond donors (Lipinski definition) is 1. The van der Waals surface area contributed by atoms with Crippen LogP contribution in [0, 0.1) is 0 Å². The van der Waals surface area contributed by atoms with Crippen molar-refractivity contribution in [3.05, 3.63) is 34.9 Å². The zero-order valence-corrected chi connectivity index (χ0v) is 14.2. The Bertz CT molecular complexity index is 428. The van der Waals surface area contributed by atoms with Crippen LogP contribution in [-0.4, -0.2) is 56.6 Å². The van der Waals surface area contributed by atoms with Crippen LogP contribution in [0.5, 0.6) is 0 Å². The molecular formula is C17H28ClN3. The summed E-state index contributed by atoms with van der Waals surface area (Å²) in [6.45, 7) is 3.59. The van der Waals surface area contributed by atoms with Gasteiger partial charge in [0.05, 0.1) is 0 Å². The van der Waals surface area contributed by atoms with Gasteiger partial charge in [0.2, 0.25) is 0 Å². The number of halogens is 1. The maximum atomic E-state index is 6.10. The predicted molar refractivity (Wildman–Crippen MR) is 91.0 cm³/mol. The molecule has 0 aromatic heterocycles. The predicted octanol–water partition coefficient (Wildman–Crippen LogP) is 3.02. The van der Waals surface area contributed by atoms with E-state index < -0.39 is 0 Å². The molecule has 0 spiro atoms. The minimum atomic E-state index is 0.385. The third-order valence-corrected chi connectivity index (χ3v) is 4.86. The summed E-state index contributed by atoms with van der Waals surface area (Å²) in [5.41, 5.74) is 1.29. The van der Waals surface area contributed by atoms with Crippen LogP contribution in [0.15, 0.2) is 24.3 Å². The van der Waals surface area contributed by atoms with Crippen LogP contribution in [0.4, 0.5) is 0 Å². The summed E-state index contributed by atoms with van der Waals surface area (Å²) >= 11 is 6.10. The molecule has 1 aliphatic heterocycles. The van der Waals surface area contributed by atoms with E-state index >= 15 is 0 Å². The minimum Gasteiger partial charge on any atom is -0.313 e. The average Bonchev–Trinajstić information content (AvgIpc) is 2.48. The van der Waals surface area contributed by atoms with E-state index in [-0.39, 0.29) is 0 Å². The Balaban J connectivity index is 1.82. The van der Waals surface area contributed by atoms with Crippen molar-refractivity contribution < 1.29 is 0 Å². The van der Waals surface area contributed by atoms with E-state index in [1.54, 1.807) is 0 Å². The van der Waals surface area contributed by atoms with Gasteiger partial charge in [-0.1, -0.05) is 23.7 Å². The van der Waals surface area contributed by atoms with E-state index in [1.165, 1.54) is 31.5 Å². The van der Waals surface area contributed by atoms with E-state index in [9.17, 15) is 0 Å². The highest BCUT2D eigenvalue weighted by Gasteiger charge is 2.21. The SMILES string of the molecule is CNC(CCN1CCC(N(C)C)CC1)c1cccc(Cl)c1. The quantitative estimate of drug-likeness (QED) is 0.871. The summed E-state index contributed by atoms with van der Waals surface area (Å²) in [6.07, 6.45) is 3.70. The van der Waals surface area contributed by atoms with Gasteiger partial charge in [-0.15, -0.1) is 0 Å². The standard InChI is InChI=1S/C17H28ClN3/c1-19-17(14-5-4-6-15(18)13-14)9-12-21-10-7-16(8-11-21)20(2)3/h4-6,13,16-17,19H,7-12H2,1-3H3. The molecule has 21 heavy (non-hydrogen) atoms. The molecule has 1 unspecified atom stereocenters. The average molecular weight is 310 g/mol. The first-order valence-corrected chi connectivity index (χ1v) is 8.29. The summed E-state index contributed by atoms with van der Waals surface area (Å²) in [6, 6.07) is 9.34. The third kappa shape index (κ3) is 4.96. The Labute approximate surface area is 134 Å². The molecule has 1 fully saturated rings. The molecule has 1 aliphatic rings. The fourth-order valence-electron chi connectivity index (χ4n) is 3.17. The van der Waals surface area contributed by atoms with Crippen molar-refractivity contribution in [3.8, 4) is 0 Å². The molecule has 0 amide bonds. The zero-order valence-electron chi connectivity index (χ0n) is 13.5. The molecule has 2 rings (SSSR count). The molecule has 3 nitrogen and oxygen atoms in total. The van der Waals surface area contributed by atoms with Gasteiger partial charge in [0.25, 0.3) is 0 Å². The lowest BCUT2D eigenvalue weighted by molar-refractivity contribution is 0.141. The Hall–Kier alpha value is -0.610. The molecule has 1 saturated heterocycles. The molecule has 0 saturated carbocycles. The van der Waals surface area contributed by atoms with Gasteiger partial charge in [0.1, 0.15) is 0 Å². The molecule has 0 bridgehead atoms. The molecule has 1 aromatic rings. The smallest absolute Gasteiger partial charge is 0.0409 e. The van der Waals surface area contributed by atoms with Gasteiger partial charge in [-0.05, 0) is 77.7 Å². The second-order valence-corrected chi connectivity index (χ2v) is 6.66. The van der Waals surface area contributed by atoms with Gasteiger partial charge in [0.15, 0.2) is 0 Å². The lowest BCUT2D eigenvalue weighted by Crippen LogP contribution is -2.42. The minimum absolute atomic E-state index is 0.385. The Morgan fingerprint density at radius 3 is 2.62 bits per heavy atom. The maximum Gasteiger partial charge on any atom is 0.0409 e. The molecule has 1 atom stereocenters. The molecule has 1 N–H and O–H groups in total. The van der Waals surface area contributed by atoms with Crippen molar-refractivity contribution >= 4 is 11.6 Å². The number of rotatable bonds is 6. The number of nitrogens with one attached hydrogen (secondary N) is 1. The first kappa shape index (κ1) is 16.8. The topological polar surface area (TPSA) is 18.5 Å². The maximum absolute atomic E-state index is 6.10. The number of benzene rings is 1. The first-order chi connectivity index (χ1) is 10.1. The van der Waals surface area contributed by atoms with E-state index in [1.807, 2.05) is 19.2 Å². The van der Waals surface area contributed by atoms with Crippen LogP contribution in [0.25, 0.3) is 0 Å². The van der Waals surface area contributed by atoms with Crippen molar-refractivity contribution in [3.63, 3.8) is 0 Å². The van der Waals surface area contributed by atoms with Crippen molar-refractivity contribution in [1.29, 1.82) is 0 Å². The first-order valence-electron chi connectivity index (χ1n) is 7.91. The zero-order chi connectivity index (χ0) is 15.2. The lowest BCUT2D eigenvalue weighted by atomic mass is 10.0. The Morgan fingerprint density at radius 1 is 1.33 bits per heavy atom. The molecular weight excluding hydrogens is 282 g/mol. The van der Waals surface area contributed by atoms with Crippen LogP contribution >= 0.6 is 11.6 Å².